The number of benzene rings is 2. The van der Waals surface area contributed by atoms with Crippen LogP contribution >= 0.6 is 11.6 Å². The number of ether oxygens (including phenoxy) is 1. The van der Waals surface area contributed by atoms with Crippen molar-refractivity contribution in [3.05, 3.63) is 76.7 Å². The first-order chi connectivity index (χ1) is 14.1. The van der Waals surface area contributed by atoms with Crippen LogP contribution in [-0.2, 0) is 7.05 Å². The van der Waals surface area contributed by atoms with Gasteiger partial charge in [-0.15, -0.1) is 5.53 Å². The number of hydrazine groups is 2. The third-order valence-corrected chi connectivity index (χ3v) is 5.65. The first-order valence-corrected chi connectivity index (χ1v) is 10.0. The molecule has 29 heavy (non-hydrogen) atoms. The molecule has 7 heteroatoms. The summed E-state index contributed by atoms with van der Waals surface area (Å²) in [6, 6.07) is 14.1. The van der Waals surface area contributed by atoms with Crippen molar-refractivity contribution in [1.29, 1.82) is 0 Å². The highest BCUT2D eigenvalue weighted by Crippen LogP contribution is 2.39. The summed E-state index contributed by atoms with van der Waals surface area (Å²) >= 11 is 6.04. The SMILES string of the molecule is CC1=C2c3ccc(-c4cnn(C)c4)cc3C(Oc3ccc(Cl)cc3)CCN2NN1. The monoisotopic (exact) mass is 407 g/mol. The lowest BCUT2D eigenvalue weighted by Crippen LogP contribution is -2.37. The number of hydrogen-bond acceptors (Lipinski definition) is 5. The Hall–Kier alpha value is -2.96. The minimum Gasteiger partial charge on any atom is -0.486 e. The van der Waals surface area contributed by atoms with Crippen LogP contribution in [0.3, 0.4) is 0 Å². The lowest BCUT2D eigenvalue weighted by Gasteiger charge is -2.20. The fourth-order valence-electron chi connectivity index (χ4n) is 3.98. The zero-order chi connectivity index (χ0) is 20.0. The van der Waals surface area contributed by atoms with Crippen LogP contribution < -0.4 is 15.7 Å². The first-order valence-electron chi connectivity index (χ1n) is 9.64. The van der Waals surface area contributed by atoms with Crippen molar-refractivity contribution in [1.82, 2.24) is 25.7 Å². The highest BCUT2D eigenvalue weighted by atomic mass is 35.5. The van der Waals surface area contributed by atoms with Crippen LogP contribution in [0, 0.1) is 0 Å². The Morgan fingerprint density at radius 3 is 2.72 bits per heavy atom. The van der Waals surface area contributed by atoms with Crippen molar-refractivity contribution in [3.63, 3.8) is 0 Å². The van der Waals surface area contributed by atoms with E-state index in [1.165, 1.54) is 16.8 Å². The summed E-state index contributed by atoms with van der Waals surface area (Å²) in [5.74, 6) is 0.816. The smallest absolute Gasteiger partial charge is 0.126 e. The number of rotatable bonds is 3. The molecular formula is C22H22ClN5O. The highest BCUT2D eigenvalue weighted by molar-refractivity contribution is 6.30. The third-order valence-electron chi connectivity index (χ3n) is 5.40. The van der Waals surface area contributed by atoms with Crippen molar-refractivity contribution in [2.75, 3.05) is 6.54 Å². The van der Waals surface area contributed by atoms with Gasteiger partial charge in [-0.05, 0) is 42.8 Å². The maximum atomic E-state index is 6.44. The molecular weight excluding hydrogens is 386 g/mol. The summed E-state index contributed by atoms with van der Waals surface area (Å²) in [6.07, 6.45) is 4.69. The van der Waals surface area contributed by atoms with Crippen LogP contribution in [0.5, 0.6) is 5.75 Å². The van der Waals surface area contributed by atoms with E-state index < -0.39 is 0 Å². The Balaban J connectivity index is 1.60. The molecule has 0 radical (unpaired) electrons. The Labute approximate surface area is 174 Å². The Morgan fingerprint density at radius 2 is 1.97 bits per heavy atom. The second kappa shape index (κ2) is 7.13. The molecule has 3 aromatic rings. The summed E-state index contributed by atoms with van der Waals surface area (Å²) in [5, 5.41) is 7.18. The van der Waals surface area contributed by atoms with Gasteiger partial charge in [-0.25, -0.2) is 0 Å². The third kappa shape index (κ3) is 3.34. The standard InChI is InChI=1S/C22H22ClN5O/c1-14-22-19-8-3-15(16-12-24-27(2)13-16)11-20(19)21(9-10-28(22)26-25-14)29-18-6-4-17(23)5-7-18/h3-8,11-13,21,25-26H,9-10H2,1-2H3. The summed E-state index contributed by atoms with van der Waals surface area (Å²) in [6.45, 7) is 2.91. The van der Waals surface area contributed by atoms with E-state index in [0.29, 0.717) is 5.02 Å². The molecule has 0 spiro atoms. The number of halogens is 1. The lowest BCUT2D eigenvalue weighted by atomic mass is 9.94. The van der Waals surface area contributed by atoms with Gasteiger partial charge >= 0.3 is 0 Å². The van der Waals surface area contributed by atoms with E-state index in [1.54, 1.807) is 0 Å². The number of nitrogens with zero attached hydrogens (tertiary/aromatic N) is 3. The Kier molecular flexibility index (Phi) is 4.45. The quantitative estimate of drug-likeness (QED) is 0.678. The van der Waals surface area contributed by atoms with Gasteiger partial charge in [-0.2, -0.15) is 5.10 Å². The molecule has 2 aliphatic rings. The Morgan fingerprint density at radius 1 is 1.14 bits per heavy atom. The summed E-state index contributed by atoms with van der Waals surface area (Å²) in [7, 11) is 1.93. The van der Waals surface area contributed by atoms with Gasteiger partial charge < -0.3 is 10.2 Å². The van der Waals surface area contributed by atoms with E-state index in [9.17, 15) is 0 Å². The van der Waals surface area contributed by atoms with Gasteiger partial charge in [0, 0.05) is 47.9 Å². The van der Waals surface area contributed by atoms with E-state index in [4.69, 9.17) is 16.3 Å². The minimum atomic E-state index is -0.0736. The molecule has 1 unspecified atom stereocenters. The highest BCUT2D eigenvalue weighted by Gasteiger charge is 2.31. The summed E-state index contributed by atoms with van der Waals surface area (Å²) in [5.41, 5.74) is 13.3. The maximum absolute atomic E-state index is 6.44. The molecule has 0 saturated heterocycles. The number of aromatic nitrogens is 2. The molecule has 148 valence electrons. The molecule has 2 aliphatic heterocycles. The summed E-state index contributed by atoms with van der Waals surface area (Å²) in [4.78, 5) is 0. The molecule has 5 rings (SSSR count). The van der Waals surface area contributed by atoms with Crippen LogP contribution in [0.15, 0.2) is 60.6 Å². The Bertz CT molecular complexity index is 1090. The van der Waals surface area contributed by atoms with Crippen molar-refractivity contribution >= 4 is 17.3 Å². The molecule has 0 bridgehead atoms. The van der Waals surface area contributed by atoms with E-state index >= 15 is 0 Å². The van der Waals surface area contributed by atoms with Gasteiger partial charge in [-0.1, -0.05) is 23.7 Å². The second-order valence-corrected chi connectivity index (χ2v) is 7.85. The van der Waals surface area contributed by atoms with Crippen LogP contribution in [0.4, 0.5) is 0 Å². The predicted molar refractivity (Wildman–Crippen MR) is 114 cm³/mol. The van der Waals surface area contributed by atoms with Gasteiger partial charge in [0.2, 0.25) is 0 Å². The molecule has 0 saturated carbocycles. The summed E-state index contributed by atoms with van der Waals surface area (Å²) < 4.78 is 8.26. The average Bonchev–Trinajstić information content (AvgIpc) is 3.28. The molecule has 1 aromatic heterocycles. The van der Waals surface area contributed by atoms with Crippen molar-refractivity contribution < 1.29 is 4.74 Å². The van der Waals surface area contributed by atoms with Crippen LogP contribution in [-0.4, -0.2) is 21.3 Å². The van der Waals surface area contributed by atoms with Gasteiger partial charge in [0.15, 0.2) is 0 Å². The number of fused-ring (bicyclic) bond motifs is 3. The molecule has 1 atom stereocenters. The van der Waals surface area contributed by atoms with Crippen LogP contribution in [0.1, 0.15) is 30.6 Å². The molecule has 6 nitrogen and oxygen atoms in total. The van der Waals surface area contributed by atoms with Crippen molar-refractivity contribution in [2.24, 2.45) is 7.05 Å². The molecule has 0 fully saturated rings. The maximum Gasteiger partial charge on any atom is 0.126 e. The van der Waals surface area contributed by atoms with E-state index in [2.05, 4.69) is 46.2 Å². The second-order valence-electron chi connectivity index (χ2n) is 7.42. The number of hydrogen-bond donors (Lipinski definition) is 2. The normalized spacial score (nSPS) is 18.2. The zero-order valence-electron chi connectivity index (χ0n) is 16.3. The first kappa shape index (κ1) is 18.1. The number of aryl methyl sites for hydroxylation is 1. The molecule has 2 N–H and O–H groups in total. The van der Waals surface area contributed by atoms with Crippen molar-refractivity contribution in [2.45, 2.75) is 19.4 Å². The minimum absolute atomic E-state index is 0.0736. The molecule has 0 aliphatic carbocycles. The molecule has 3 heterocycles. The molecule has 2 aromatic carbocycles. The fraction of sp³-hybridized carbons (Fsp3) is 0.227. The van der Waals surface area contributed by atoms with Gasteiger partial charge in [0.1, 0.15) is 11.9 Å². The zero-order valence-corrected chi connectivity index (χ0v) is 17.1. The van der Waals surface area contributed by atoms with E-state index in [1.807, 2.05) is 48.4 Å². The number of allylic oxidation sites excluding steroid dienone is 1. The van der Waals surface area contributed by atoms with Crippen LogP contribution in [0.25, 0.3) is 16.8 Å². The van der Waals surface area contributed by atoms with Gasteiger partial charge in [0.25, 0.3) is 0 Å². The van der Waals surface area contributed by atoms with Gasteiger partial charge in [-0.3, -0.25) is 9.69 Å². The molecule has 0 amide bonds. The average molecular weight is 408 g/mol. The van der Waals surface area contributed by atoms with Gasteiger partial charge in [0.05, 0.1) is 17.6 Å². The largest absolute Gasteiger partial charge is 0.486 e. The van der Waals surface area contributed by atoms with E-state index in [0.717, 1.165) is 35.5 Å². The lowest BCUT2D eigenvalue weighted by molar-refractivity contribution is 0.173. The van der Waals surface area contributed by atoms with Crippen LogP contribution in [0.2, 0.25) is 5.02 Å². The van der Waals surface area contributed by atoms with Crippen molar-refractivity contribution in [3.8, 4) is 16.9 Å². The predicted octanol–water partition coefficient (Wildman–Crippen LogP) is 4.28. The number of nitrogens with one attached hydrogen (secondary N) is 2. The fourth-order valence-corrected chi connectivity index (χ4v) is 4.11. The van der Waals surface area contributed by atoms with E-state index in [-0.39, 0.29) is 6.10 Å². The topological polar surface area (TPSA) is 54.4 Å².